The highest BCUT2D eigenvalue weighted by Gasteiger charge is 2.27. The molecular formula is C25H42N4O. The van der Waals surface area contributed by atoms with E-state index in [4.69, 9.17) is 9.73 Å². The van der Waals surface area contributed by atoms with E-state index in [2.05, 4.69) is 60.6 Å². The van der Waals surface area contributed by atoms with Crippen molar-refractivity contribution in [3.8, 4) is 0 Å². The monoisotopic (exact) mass is 414 g/mol. The number of guanidine groups is 1. The number of aryl methyl sites for hydroxylation is 1. The predicted octanol–water partition coefficient (Wildman–Crippen LogP) is 4.14. The number of hydrogen-bond acceptors (Lipinski definition) is 3. The Hall–Kier alpha value is -1.59. The summed E-state index contributed by atoms with van der Waals surface area (Å²) in [5, 5.41) is 7.06. The van der Waals surface area contributed by atoms with E-state index in [-0.39, 0.29) is 6.10 Å². The first kappa shape index (κ1) is 23.1. The van der Waals surface area contributed by atoms with Crippen molar-refractivity contribution in [2.24, 2.45) is 16.8 Å². The number of aliphatic imine (C=N–C) groups is 1. The quantitative estimate of drug-likeness (QED) is 0.496. The minimum absolute atomic E-state index is 0.178. The summed E-state index contributed by atoms with van der Waals surface area (Å²) in [6, 6.07) is 8.83. The van der Waals surface area contributed by atoms with Crippen LogP contribution in [0.2, 0.25) is 0 Å². The molecule has 3 rings (SSSR count). The third-order valence-electron chi connectivity index (χ3n) is 6.48. The second kappa shape index (κ2) is 12.3. The van der Waals surface area contributed by atoms with Crippen LogP contribution in [0.5, 0.6) is 0 Å². The maximum Gasteiger partial charge on any atom is 0.191 e. The van der Waals surface area contributed by atoms with Crippen LogP contribution in [0.1, 0.15) is 63.2 Å². The summed E-state index contributed by atoms with van der Waals surface area (Å²) >= 11 is 0. The molecule has 2 atom stereocenters. The molecule has 0 radical (unpaired) electrons. The van der Waals surface area contributed by atoms with Crippen LogP contribution in [0, 0.1) is 18.8 Å². The Morgan fingerprint density at radius 1 is 1.10 bits per heavy atom. The Morgan fingerprint density at radius 3 is 2.57 bits per heavy atom. The molecule has 168 valence electrons. The number of hydrogen-bond donors (Lipinski definition) is 2. The summed E-state index contributed by atoms with van der Waals surface area (Å²) in [6.07, 6.45) is 6.31. The van der Waals surface area contributed by atoms with Crippen LogP contribution in [-0.2, 0) is 4.74 Å². The number of nitrogens with one attached hydrogen (secondary N) is 2. The Bertz CT molecular complexity index is 637. The Balaban J connectivity index is 1.52. The molecule has 0 saturated carbocycles. The molecule has 2 unspecified atom stereocenters. The predicted molar refractivity (Wildman–Crippen MR) is 126 cm³/mol. The van der Waals surface area contributed by atoms with Crippen molar-refractivity contribution in [1.82, 2.24) is 15.5 Å². The molecule has 0 amide bonds. The van der Waals surface area contributed by atoms with Gasteiger partial charge in [-0.25, -0.2) is 0 Å². The summed E-state index contributed by atoms with van der Waals surface area (Å²) in [4.78, 5) is 7.53. The number of nitrogens with zero attached hydrogens (tertiary/aromatic N) is 2. The molecule has 0 aromatic heterocycles. The first-order valence-corrected chi connectivity index (χ1v) is 12.1. The van der Waals surface area contributed by atoms with Crippen LogP contribution in [0.15, 0.2) is 29.3 Å². The van der Waals surface area contributed by atoms with Gasteiger partial charge in [0.05, 0.1) is 6.10 Å². The third-order valence-corrected chi connectivity index (χ3v) is 6.48. The van der Waals surface area contributed by atoms with Crippen molar-refractivity contribution >= 4 is 5.96 Å². The largest absolute Gasteiger partial charge is 0.373 e. The number of ether oxygens (including phenoxy) is 1. The highest BCUT2D eigenvalue weighted by Crippen LogP contribution is 2.33. The minimum atomic E-state index is 0.178. The molecule has 1 aromatic carbocycles. The number of likely N-dealkylation sites (tertiary alicyclic amines) is 1. The smallest absolute Gasteiger partial charge is 0.191 e. The van der Waals surface area contributed by atoms with Crippen molar-refractivity contribution in [3.63, 3.8) is 0 Å². The van der Waals surface area contributed by atoms with Crippen LogP contribution in [0.4, 0.5) is 0 Å². The highest BCUT2D eigenvalue weighted by molar-refractivity contribution is 5.79. The van der Waals surface area contributed by atoms with Crippen LogP contribution in [0.25, 0.3) is 0 Å². The summed E-state index contributed by atoms with van der Waals surface area (Å²) < 4.78 is 6.19. The van der Waals surface area contributed by atoms with Crippen LogP contribution in [-0.4, -0.2) is 56.7 Å². The van der Waals surface area contributed by atoms with Crippen molar-refractivity contribution in [2.75, 3.05) is 45.9 Å². The lowest BCUT2D eigenvalue weighted by Crippen LogP contribution is -2.42. The van der Waals surface area contributed by atoms with Crippen molar-refractivity contribution < 1.29 is 4.74 Å². The van der Waals surface area contributed by atoms with E-state index in [0.29, 0.717) is 11.8 Å². The third kappa shape index (κ3) is 6.98. The molecule has 30 heavy (non-hydrogen) atoms. The van der Waals surface area contributed by atoms with Gasteiger partial charge in [0.1, 0.15) is 0 Å². The normalized spacial score (nSPS) is 24.0. The Kier molecular flexibility index (Phi) is 9.47. The fourth-order valence-electron chi connectivity index (χ4n) is 4.68. The van der Waals surface area contributed by atoms with E-state index in [1.807, 2.05) is 0 Å². The first-order chi connectivity index (χ1) is 14.7. The molecule has 0 aliphatic carbocycles. The van der Waals surface area contributed by atoms with Crippen LogP contribution < -0.4 is 10.6 Å². The zero-order valence-electron chi connectivity index (χ0n) is 19.3. The molecule has 2 heterocycles. The average molecular weight is 415 g/mol. The maximum atomic E-state index is 6.19. The molecular weight excluding hydrogens is 372 g/mol. The van der Waals surface area contributed by atoms with Crippen LogP contribution in [0.3, 0.4) is 0 Å². The van der Waals surface area contributed by atoms with Gasteiger partial charge in [-0.2, -0.15) is 0 Å². The molecule has 2 N–H and O–H groups in total. The number of piperidine rings is 1. The van der Waals surface area contributed by atoms with Gasteiger partial charge in [0.15, 0.2) is 5.96 Å². The van der Waals surface area contributed by atoms with Crippen molar-refractivity contribution in [3.05, 3.63) is 35.4 Å². The minimum Gasteiger partial charge on any atom is -0.373 e. The fraction of sp³-hybridized carbons (Fsp3) is 0.720. The van der Waals surface area contributed by atoms with E-state index < -0.39 is 0 Å². The van der Waals surface area contributed by atoms with Gasteiger partial charge >= 0.3 is 0 Å². The van der Waals surface area contributed by atoms with Gasteiger partial charge in [0, 0.05) is 32.2 Å². The lowest BCUT2D eigenvalue weighted by atomic mass is 9.89. The van der Waals surface area contributed by atoms with Crippen molar-refractivity contribution in [1.29, 1.82) is 0 Å². The zero-order chi connectivity index (χ0) is 21.2. The van der Waals surface area contributed by atoms with Gasteiger partial charge < -0.3 is 20.3 Å². The molecule has 2 fully saturated rings. The molecule has 2 aliphatic rings. The van der Waals surface area contributed by atoms with E-state index in [1.165, 1.54) is 56.4 Å². The molecule has 2 saturated heterocycles. The summed E-state index contributed by atoms with van der Waals surface area (Å²) in [6.45, 7) is 13.8. The Morgan fingerprint density at radius 2 is 1.87 bits per heavy atom. The lowest BCUT2D eigenvalue weighted by molar-refractivity contribution is -0.0265. The van der Waals surface area contributed by atoms with E-state index >= 15 is 0 Å². The lowest BCUT2D eigenvalue weighted by Gasteiger charge is -2.33. The topological polar surface area (TPSA) is 48.9 Å². The fourth-order valence-corrected chi connectivity index (χ4v) is 4.68. The van der Waals surface area contributed by atoms with E-state index in [0.717, 1.165) is 38.6 Å². The molecule has 5 nitrogen and oxygen atoms in total. The molecule has 0 spiro atoms. The van der Waals surface area contributed by atoms with Gasteiger partial charge in [-0.3, -0.25) is 4.99 Å². The SMILES string of the molecule is CCCN1CCC(CN=C(NCC)NCC2CCCOC2c2ccc(C)cc2)CC1. The van der Waals surface area contributed by atoms with Crippen LogP contribution >= 0.6 is 0 Å². The van der Waals surface area contributed by atoms with Crippen molar-refractivity contribution in [2.45, 2.75) is 59.0 Å². The maximum absolute atomic E-state index is 6.19. The van der Waals surface area contributed by atoms with Gasteiger partial charge in [-0.15, -0.1) is 0 Å². The van der Waals surface area contributed by atoms with Gasteiger partial charge in [0.25, 0.3) is 0 Å². The molecule has 1 aromatic rings. The number of rotatable bonds is 8. The number of benzene rings is 1. The van der Waals surface area contributed by atoms with E-state index in [1.54, 1.807) is 0 Å². The first-order valence-electron chi connectivity index (χ1n) is 12.1. The van der Waals surface area contributed by atoms with E-state index in [9.17, 15) is 0 Å². The second-order valence-corrected chi connectivity index (χ2v) is 8.99. The molecule has 2 aliphatic heterocycles. The van der Waals surface area contributed by atoms with Gasteiger partial charge in [0.2, 0.25) is 0 Å². The standard InChI is InChI=1S/C25H42N4O/c1-4-14-29-15-12-21(13-16-29)18-27-25(26-5-2)28-19-23-7-6-17-30-24(23)22-10-8-20(3)9-11-22/h8-11,21,23-24H,4-7,12-19H2,1-3H3,(H2,26,27,28). The summed E-state index contributed by atoms with van der Waals surface area (Å²) in [7, 11) is 0. The summed E-state index contributed by atoms with van der Waals surface area (Å²) in [5.74, 6) is 2.15. The Labute approximate surface area is 183 Å². The molecule has 5 heteroatoms. The average Bonchev–Trinajstić information content (AvgIpc) is 2.78. The van der Waals surface area contributed by atoms with Gasteiger partial charge in [-0.05, 0) is 77.1 Å². The molecule has 0 bridgehead atoms. The highest BCUT2D eigenvalue weighted by atomic mass is 16.5. The van der Waals surface area contributed by atoms with Gasteiger partial charge in [-0.1, -0.05) is 36.8 Å². The zero-order valence-corrected chi connectivity index (χ0v) is 19.3. The summed E-state index contributed by atoms with van der Waals surface area (Å²) in [5.41, 5.74) is 2.60. The second-order valence-electron chi connectivity index (χ2n) is 8.99.